The Kier molecular flexibility index (Phi) is 10.1. The molecule has 0 spiro atoms. The molecule has 2 aromatic rings. The van der Waals surface area contributed by atoms with Crippen molar-refractivity contribution in [2.45, 2.75) is 25.4 Å². The van der Waals surface area contributed by atoms with E-state index in [1.165, 1.54) is 5.56 Å². The second kappa shape index (κ2) is 11.5. The van der Waals surface area contributed by atoms with Gasteiger partial charge in [0.05, 0.1) is 13.7 Å². The second-order valence-corrected chi connectivity index (χ2v) is 7.03. The van der Waals surface area contributed by atoms with E-state index in [1.807, 2.05) is 55.5 Å². The Morgan fingerprint density at radius 3 is 2.37 bits per heavy atom. The molecule has 0 fully saturated rings. The predicted molar refractivity (Wildman–Crippen MR) is 125 cm³/mol. The van der Waals surface area contributed by atoms with E-state index in [0.29, 0.717) is 18.9 Å². The van der Waals surface area contributed by atoms with E-state index in [4.69, 9.17) is 10.5 Å². The highest BCUT2D eigenvalue weighted by Gasteiger charge is 2.26. The molecule has 1 atom stereocenters. The van der Waals surface area contributed by atoms with Gasteiger partial charge in [-0.2, -0.15) is 0 Å². The lowest BCUT2D eigenvalue weighted by Crippen LogP contribution is -2.36. The summed E-state index contributed by atoms with van der Waals surface area (Å²) in [5.74, 6) is 1.18. The van der Waals surface area contributed by atoms with Crippen LogP contribution < -0.4 is 15.8 Å². The molecule has 2 aromatic carbocycles. The number of hydrogen-bond acceptors (Lipinski definition) is 3. The molecule has 0 aromatic heterocycles. The number of nitrogens with two attached hydrogens (primary N) is 1. The van der Waals surface area contributed by atoms with Gasteiger partial charge in [0.25, 0.3) is 0 Å². The number of guanidine groups is 1. The number of aliphatic imine (C=N–C) groups is 1. The van der Waals surface area contributed by atoms with Crippen LogP contribution in [0.5, 0.6) is 5.75 Å². The molecule has 27 heavy (non-hydrogen) atoms. The zero-order valence-corrected chi connectivity index (χ0v) is 19.5. The van der Waals surface area contributed by atoms with E-state index < -0.39 is 5.60 Å². The lowest BCUT2D eigenvalue weighted by atomic mass is 9.91. The number of halogens is 2. The first kappa shape index (κ1) is 23.7. The highest BCUT2D eigenvalue weighted by Crippen LogP contribution is 2.26. The fourth-order valence-corrected chi connectivity index (χ4v) is 2.83. The molecule has 0 aliphatic rings. The summed E-state index contributed by atoms with van der Waals surface area (Å²) in [7, 11) is 1.65. The van der Waals surface area contributed by atoms with Crippen LogP contribution in [0.4, 0.5) is 0 Å². The molecule has 2 rings (SSSR count). The van der Waals surface area contributed by atoms with Gasteiger partial charge in [0.2, 0.25) is 0 Å². The number of hydrogen-bond donors (Lipinski definition) is 3. The lowest BCUT2D eigenvalue weighted by molar-refractivity contribution is 0.0423. The summed E-state index contributed by atoms with van der Waals surface area (Å²) in [6.45, 7) is 2.82. The van der Waals surface area contributed by atoms with Gasteiger partial charge in [-0.25, -0.2) is 0 Å². The third kappa shape index (κ3) is 7.31. The van der Waals surface area contributed by atoms with Crippen molar-refractivity contribution < 1.29 is 9.84 Å². The summed E-state index contributed by atoms with van der Waals surface area (Å²) < 4.78 is 6.12. The number of aliphatic hydroxyl groups is 1. The minimum atomic E-state index is -1.02. The van der Waals surface area contributed by atoms with Crippen molar-refractivity contribution in [3.05, 3.63) is 64.1 Å². The Hall–Kier alpha value is -1.32. The molecule has 0 aliphatic carbocycles. The van der Waals surface area contributed by atoms with Gasteiger partial charge in [-0.1, -0.05) is 47.1 Å². The Morgan fingerprint density at radius 1 is 1.19 bits per heavy atom. The van der Waals surface area contributed by atoms with Crippen molar-refractivity contribution in [2.24, 2.45) is 10.7 Å². The zero-order chi connectivity index (χ0) is 19.0. The number of rotatable bonds is 8. The third-order valence-electron chi connectivity index (χ3n) is 4.36. The van der Waals surface area contributed by atoms with Crippen molar-refractivity contribution in [2.75, 3.05) is 20.2 Å². The molecule has 148 valence electrons. The quantitative estimate of drug-likeness (QED) is 0.267. The summed E-state index contributed by atoms with van der Waals surface area (Å²) in [5, 5.41) is 14.0. The van der Waals surface area contributed by atoms with Crippen molar-refractivity contribution in [3.63, 3.8) is 0 Å². The van der Waals surface area contributed by atoms with Crippen LogP contribution >= 0.6 is 39.9 Å². The van der Waals surface area contributed by atoms with Crippen LogP contribution in [0.15, 0.2) is 58.0 Å². The molecule has 4 N–H and O–H groups in total. The molecule has 7 heteroatoms. The first-order valence-corrected chi connectivity index (χ1v) is 9.41. The topological polar surface area (TPSA) is 79.9 Å². The van der Waals surface area contributed by atoms with Gasteiger partial charge < -0.3 is 20.9 Å². The van der Waals surface area contributed by atoms with E-state index in [2.05, 4.69) is 26.2 Å². The van der Waals surface area contributed by atoms with E-state index in [-0.39, 0.29) is 30.5 Å². The van der Waals surface area contributed by atoms with Crippen molar-refractivity contribution >= 4 is 45.9 Å². The number of methoxy groups -OCH3 is 1. The first-order valence-electron chi connectivity index (χ1n) is 8.62. The smallest absolute Gasteiger partial charge is 0.188 e. The maximum Gasteiger partial charge on any atom is 0.188 e. The van der Waals surface area contributed by atoms with Gasteiger partial charge >= 0.3 is 0 Å². The predicted octanol–water partition coefficient (Wildman–Crippen LogP) is 3.82. The molecule has 0 aliphatic heterocycles. The average molecular weight is 548 g/mol. The normalized spacial score (nSPS) is 13.4. The molecule has 0 heterocycles. The fourth-order valence-electron chi connectivity index (χ4n) is 2.57. The van der Waals surface area contributed by atoms with Crippen LogP contribution in [0.3, 0.4) is 0 Å². The van der Waals surface area contributed by atoms with Crippen LogP contribution in [-0.4, -0.2) is 31.3 Å². The van der Waals surface area contributed by atoms with Crippen molar-refractivity contribution in [3.8, 4) is 5.75 Å². The van der Waals surface area contributed by atoms with Crippen LogP contribution in [0.25, 0.3) is 0 Å². The number of nitrogens with one attached hydrogen (secondary N) is 1. The Bertz CT molecular complexity index is 723. The minimum Gasteiger partial charge on any atom is -0.497 e. The van der Waals surface area contributed by atoms with Crippen LogP contribution in [0.1, 0.15) is 24.5 Å². The lowest BCUT2D eigenvalue weighted by Gasteiger charge is -2.25. The van der Waals surface area contributed by atoms with E-state index in [1.54, 1.807) is 7.11 Å². The van der Waals surface area contributed by atoms with Gasteiger partial charge in [-0.3, -0.25) is 4.99 Å². The third-order valence-corrected chi connectivity index (χ3v) is 4.88. The summed E-state index contributed by atoms with van der Waals surface area (Å²) in [6.07, 6.45) is 1.38. The summed E-state index contributed by atoms with van der Waals surface area (Å²) in [6, 6.07) is 15.5. The maximum absolute atomic E-state index is 10.9. The Morgan fingerprint density at radius 2 is 1.81 bits per heavy atom. The van der Waals surface area contributed by atoms with Crippen LogP contribution in [0, 0.1) is 0 Å². The fraction of sp³-hybridized carbons (Fsp3) is 0.350. The largest absolute Gasteiger partial charge is 0.497 e. The second-order valence-electron chi connectivity index (χ2n) is 6.12. The Balaban J connectivity index is 0.00000364. The molecule has 0 saturated heterocycles. The summed E-state index contributed by atoms with van der Waals surface area (Å²) in [5.41, 5.74) is 6.94. The number of nitrogens with zero attached hydrogens (tertiary/aromatic N) is 1. The van der Waals surface area contributed by atoms with Crippen molar-refractivity contribution in [1.29, 1.82) is 0 Å². The van der Waals surface area contributed by atoms with Crippen LogP contribution in [0.2, 0.25) is 0 Å². The average Bonchev–Trinajstić information content (AvgIpc) is 2.67. The molecule has 5 nitrogen and oxygen atoms in total. The van der Waals surface area contributed by atoms with Gasteiger partial charge in [0, 0.05) is 11.0 Å². The van der Waals surface area contributed by atoms with Crippen LogP contribution in [-0.2, 0) is 12.0 Å². The summed E-state index contributed by atoms with van der Waals surface area (Å²) in [4.78, 5) is 4.33. The highest BCUT2D eigenvalue weighted by atomic mass is 127. The summed E-state index contributed by atoms with van der Waals surface area (Å²) >= 11 is 3.41. The van der Waals surface area contributed by atoms with Gasteiger partial charge in [-0.15, -0.1) is 24.0 Å². The number of benzene rings is 2. The maximum atomic E-state index is 10.9. The molecule has 1 unspecified atom stereocenters. The van der Waals surface area contributed by atoms with E-state index in [0.717, 1.165) is 22.2 Å². The molecule has 0 amide bonds. The van der Waals surface area contributed by atoms with Crippen molar-refractivity contribution in [1.82, 2.24) is 5.32 Å². The highest BCUT2D eigenvalue weighted by molar-refractivity contribution is 14.0. The SMILES string of the molecule is CCC(O)(CN=C(N)NCCc1ccc(OC)cc1)c1ccc(Br)cc1.I. The number of ether oxygens (including phenoxy) is 1. The first-order chi connectivity index (χ1) is 12.5. The van der Waals surface area contributed by atoms with Gasteiger partial charge in [0.15, 0.2) is 5.96 Å². The van der Waals surface area contributed by atoms with Gasteiger partial charge in [0.1, 0.15) is 11.4 Å². The standard InChI is InChI=1S/C20H26BrN3O2.HI/c1-3-20(25,16-6-8-17(21)9-7-16)14-24-19(22)23-13-12-15-4-10-18(26-2)11-5-15;/h4-11,25H,3,12-14H2,1-2H3,(H3,22,23,24);1H. The van der Waals surface area contributed by atoms with E-state index in [9.17, 15) is 5.11 Å². The Labute approximate surface area is 186 Å². The molecule has 0 bridgehead atoms. The molecular weight excluding hydrogens is 521 g/mol. The zero-order valence-electron chi connectivity index (χ0n) is 15.6. The minimum absolute atomic E-state index is 0. The molecule has 0 saturated carbocycles. The monoisotopic (exact) mass is 547 g/mol. The van der Waals surface area contributed by atoms with E-state index >= 15 is 0 Å². The molecular formula is C20H27BrIN3O2. The van der Waals surface area contributed by atoms with Gasteiger partial charge in [-0.05, 0) is 48.2 Å². The molecule has 0 radical (unpaired) electrons.